The molecule has 2 unspecified atom stereocenters. The lowest BCUT2D eigenvalue weighted by Gasteiger charge is -2.23. The van der Waals surface area contributed by atoms with Crippen LogP contribution in [0.25, 0.3) is 27.8 Å². The smallest absolute Gasteiger partial charge is 0.118 e. The molecule has 2 nitrogen and oxygen atoms in total. The van der Waals surface area contributed by atoms with Crippen LogP contribution in [-0.2, 0) is 10.2 Å². The van der Waals surface area contributed by atoms with E-state index in [4.69, 9.17) is 16.3 Å². The number of ether oxygens (including phenoxy) is 1. The van der Waals surface area contributed by atoms with Gasteiger partial charge in [-0.25, -0.2) is 4.99 Å². The van der Waals surface area contributed by atoms with Crippen LogP contribution in [0.5, 0.6) is 0 Å². The highest BCUT2D eigenvalue weighted by Gasteiger charge is 2.38. The first-order chi connectivity index (χ1) is 42.9. The molecular formula is C88H135NO. The molecule has 2 atom stereocenters. The fraction of sp³-hybridized carbons (Fsp3) is 0.557. The number of unbranched alkanes of at least 4 members (excludes halogenated alkanes) is 12. The van der Waals surface area contributed by atoms with Gasteiger partial charge in [-0.3, -0.25) is 0 Å². The van der Waals surface area contributed by atoms with E-state index in [9.17, 15) is 0 Å². The molecule has 6 rings (SSSR count). The molecule has 498 valence electrons. The van der Waals surface area contributed by atoms with E-state index in [1.165, 1.54) is 182 Å². The van der Waals surface area contributed by atoms with Crippen molar-refractivity contribution in [2.45, 2.75) is 299 Å². The van der Waals surface area contributed by atoms with E-state index in [2.05, 4.69) is 262 Å². The van der Waals surface area contributed by atoms with Crippen molar-refractivity contribution in [3.63, 3.8) is 0 Å². The van der Waals surface area contributed by atoms with E-state index < -0.39 is 0 Å². The summed E-state index contributed by atoms with van der Waals surface area (Å²) in [6, 6.07) is 29.5. The molecule has 2 aliphatic carbocycles. The van der Waals surface area contributed by atoms with Crippen LogP contribution in [0.15, 0.2) is 149 Å². The summed E-state index contributed by atoms with van der Waals surface area (Å²) in [5, 5.41) is 0. The van der Waals surface area contributed by atoms with E-state index in [0.29, 0.717) is 11.8 Å². The van der Waals surface area contributed by atoms with Crippen LogP contribution < -0.4 is 0 Å². The molecule has 90 heavy (non-hydrogen) atoms. The Balaban J connectivity index is 0.000000971. The first kappa shape index (κ1) is 80.6. The SMILES string of the molecule is C=C(C1=CCCC=C1)C(=Nc1c(/C(=C/C(=C(\C)c2ccc(-c3ccc(C(C)(C)C)cc3C)c(C)c2)C2CC2CC)CCC)ccc(/C(C)=C/C(OC)=C(\C)C(C)(C)C)c1C)c1ccccc1.CCC.CCC.CCCCCCCCC.CCCCCCCCC. The molecular weight excluding hydrogens is 1090 g/mol. The zero-order chi connectivity index (χ0) is 67.4. The van der Waals surface area contributed by atoms with Crippen LogP contribution in [-0.4, -0.2) is 12.8 Å². The van der Waals surface area contributed by atoms with Crippen molar-refractivity contribution in [3.05, 3.63) is 188 Å². The monoisotopic (exact) mass is 1220 g/mol. The number of allylic oxidation sites excluding steroid dienone is 12. The van der Waals surface area contributed by atoms with Crippen LogP contribution >= 0.6 is 0 Å². The third-order valence-corrected chi connectivity index (χ3v) is 17.7. The van der Waals surface area contributed by atoms with Crippen molar-refractivity contribution >= 4 is 28.1 Å². The Hall–Kier alpha value is -5.47. The van der Waals surface area contributed by atoms with Gasteiger partial charge in [-0.15, -0.1) is 0 Å². The van der Waals surface area contributed by atoms with E-state index in [1.807, 2.05) is 0 Å². The number of methoxy groups -OCH3 is 1. The molecule has 2 aliphatic rings. The summed E-state index contributed by atoms with van der Waals surface area (Å²) >= 11 is 0. The van der Waals surface area contributed by atoms with Gasteiger partial charge in [0.2, 0.25) is 0 Å². The molecule has 0 aliphatic heterocycles. The highest BCUT2D eigenvalue weighted by molar-refractivity contribution is 6.16. The first-order valence-electron chi connectivity index (χ1n) is 36.4. The Kier molecular flexibility index (Phi) is 38.9. The Morgan fingerprint density at radius 2 is 1.12 bits per heavy atom. The molecule has 0 amide bonds. The minimum atomic E-state index is -0.0244. The summed E-state index contributed by atoms with van der Waals surface area (Å²) in [5.41, 5.74) is 23.2. The number of rotatable bonds is 27. The van der Waals surface area contributed by atoms with Gasteiger partial charge in [-0.2, -0.15) is 0 Å². The molecule has 0 bridgehead atoms. The summed E-state index contributed by atoms with van der Waals surface area (Å²) in [6.45, 7) is 54.1. The molecule has 4 aromatic carbocycles. The van der Waals surface area contributed by atoms with Gasteiger partial charge in [0.1, 0.15) is 5.76 Å². The van der Waals surface area contributed by atoms with Gasteiger partial charge in [-0.1, -0.05) is 336 Å². The van der Waals surface area contributed by atoms with Crippen LogP contribution in [0.4, 0.5) is 5.69 Å². The van der Waals surface area contributed by atoms with E-state index in [0.717, 1.165) is 70.7 Å². The normalized spacial score (nSPS) is 15.5. The van der Waals surface area contributed by atoms with Gasteiger partial charge >= 0.3 is 0 Å². The van der Waals surface area contributed by atoms with Crippen LogP contribution in [0.1, 0.15) is 317 Å². The Labute approximate surface area is 557 Å². The molecule has 1 saturated carbocycles. The minimum absolute atomic E-state index is 0.0244. The fourth-order valence-electron chi connectivity index (χ4n) is 11.7. The largest absolute Gasteiger partial charge is 0.497 e. The first-order valence-corrected chi connectivity index (χ1v) is 36.4. The second kappa shape index (κ2) is 43.4. The van der Waals surface area contributed by atoms with Crippen LogP contribution in [0.3, 0.4) is 0 Å². The Bertz CT molecular complexity index is 2930. The number of hydrogen-bond acceptors (Lipinski definition) is 2. The third kappa shape index (κ3) is 27.0. The van der Waals surface area contributed by atoms with Crippen molar-refractivity contribution < 1.29 is 4.74 Å². The lowest BCUT2D eigenvalue weighted by Crippen LogP contribution is -2.11. The average molecular weight is 1220 g/mol. The maximum absolute atomic E-state index is 6.06. The molecule has 4 aromatic rings. The minimum Gasteiger partial charge on any atom is -0.497 e. The second-order valence-electron chi connectivity index (χ2n) is 28.1. The van der Waals surface area contributed by atoms with E-state index >= 15 is 0 Å². The summed E-state index contributed by atoms with van der Waals surface area (Å²) in [5.74, 6) is 2.13. The van der Waals surface area contributed by atoms with E-state index in [1.54, 1.807) is 7.11 Å². The quantitative estimate of drug-likeness (QED) is 0.0252. The number of aliphatic imine (C=N–C) groups is 1. The summed E-state index contributed by atoms with van der Waals surface area (Å²) in [6.07, 6.45) is 40.5. The van der Waals surface area contributed by atoms with Crippen LogP contribution in [0, 0.1) is 38.0 Å². The van der Waals surface area contributed by atoms with Crippen molar-refractivity contribution in [3.8, 4) is 11.1 Å². The van der Waals surface area contributed by atoms with Gasteiger partial charge < -0.3 is 4.74 Å². The lowest BCUT2D eigenvalue weighted by atomic mass is 9.84. The predicted molar refractivity (Wildman–Crippen MR) is 409 cm³/mol. The predicted octanol–water partition coefficient (Wildman–Crippen LogP) is 28.9. The summed E-state index contributed by atoms with van der Waals surface area (Å²) in [4.78, 5) is 5.82. The third-order valence-electron chi connectivity index (χ3n) is 17.7. The maximum Gasteiger partial charge on any atom is 0.118 e. The Morgan fingerprint density at radius 3 is 1.57 bits per heavy atom. The average Bonchev–Trinajstić information content (AvgIpc) is 1.41. The van der Waals surface area contributed by atoms with Crippen molar-refractivity contribution in [2.75, 3.05) is 7.11 Å². The Morgan fingerprint density at radius 1 is 0.600 bits per heavy atom. The molecule has 0 N–H and O–H groups in total. The molecule has 0 saturated heterocycles. The zero-order valence-corrected chi connectivity index (χ0v) is 62.7. The van der Waals surface area contributed by atoms with Crippen LogP contribution in [0.2, 0.25) is 0 Å². The molecule has 0 spiro atoms. The molecule has 2 heteroatoms. The highest BCUT2D eigenvalue weighted by atomic mass is 16.5. The zero-order valence-electron chi connectivity index (χ0n) is 62.7. The maximum atomic E-state index is 6.06. The van der Waals surface area contributed by atoms with Gasteiger partial charge in [0.05, 0.1) is 18.5 Å². The van der Waals surface area contributed by atoms with Gasteiger partial charge in [0.25, 0.3) is 0 Å². The summed E-state index contributed by atoms with van der Waals surface area (Å²) in [7, 11) is 1.78. The van der Waals surface area contributed by atoms with Gasteiger partial charge in [0, 0.05) is 16.7 Å². The summed E-state index contributed by atoms with van der Waals surface area (Å²) < 4.78 is 6.06. The second-order valence-corrected chi connectivity index (χ2v) is 28.1. The number of aryl methyl sites for hydroxylation is 2. The molecule has 0 aromatic heterocycles. The van der Waals surface area contributed by atoms with Crippen molar-refractivity contribution in [1.29, 1.82) is 0 Å². The van der Waals surface area contributed by atoms with E-state index in [-0.39, 0.29) is 10.8 Å². The van der Waals surface area contributed by atoms with Crippen molar-refractivity contribution in [1.82, 2.24) is 0 Å². The molecule has 0 heterocycles. The van der Waals surface area contributed by atoms with Gasteiger partial charge in [0.15, 0.2) is 0 Å². The standard InChI is InChI=1S/C64H79NO.2C9H20.2C3H8/c1-17-25-52(40-58(59-39-48(59)18-2)44(6)51-30-32-55(41(3)36-51)56-33-31-53(37-42(56)4)64(13,14)15)57-35-34-54(43(5)38-60(66-16)47(9)63(10,11)12)46(8)62(57)65-61(50-28-23-20-24-29-50)45(7)49-26-21-19-22-27-49;2*1-3-5-7-9-8-6-4-2;2*1-3-2/h20-21,23-24,26-38,40,48,59H,7,17-19,22,25,39H2,1-6,8-16H3;2*3-9H2,1-2H3;2*3H2,1-2H3/b43-38+,52-40+,58-44-,60-47-,65-61?;;;;. The van der Waals surface area contributed by atoms with Gasteiger partial charge in [-0.05, 0) is 174 Å². The fourth-order valence-corrected chi connectivity index (χ4v) is 11.7. The van der Waals surface area contributed by atoms with Crippen molar-refractivity contribution in [2.24, 2.45) is 22.2 Å². The highest BCUT2D eigenvalue weighted by Crippen LogP contribution is 2.51. The number of hydrogen-bond donors (Lipinski definition) is 0. The topological polar surface area (TPSA) is 21.6 Å². The molecule has 0 radical (unpaired) electrons. The lowest BCUT2D eigenvalue weighted by molar-refractivity contribution is 0.290. The number of benzene rings is 4. The number of nitrogens with zero attached hydrogens (tertiary/aromatic N) is 1. The molecule has 1 fully saturated rings.